The number of aryl methyl sites for hydroxylation is 2. The van der Waals surface area contributed by atoms with E-state index in [1.807, 2.05) is 31.2 Å². The molecule has 0 saturated carbocycles. The highest BCUT2D eigenvalue weighted by Crippen LogP contribution is 2.44. The van der Waals surface area contributed by atoms with Crippen LogP contribution in [0.2, 0.25) is 0 Å². The van der Waals surface area contributed by atoms with E-state index in [2.05, 4.69) is 4.98 Å². The number of carbonyl (C=O) groups excluding carboxylic acids is 3. The van der Waals surface area contributed by atoms with E-state index in [-0.39, 0.29) is 28.0 Å². The number of ether oxygens (including phenoxy) is 1. The van der Waals surface area contributed by atoms with E-state index in [1.54, 1.807) is 43.3 Å². The number of Topliss-reactive ketones (excluding diaryl/α,β-unsaturated/α-hetero) is 2. The van der Waals surface area contributed by atoms with Gasteiger partial charge in [-0.25, -0.2) is 4.98 Å². The zero-order valence-corrected chi connectivity index (χ0v) is 22.9. The summed E-state index contributed by atoms with van der Waals surface area (Å²) in [7, 11) is 0. The van der Waals surface area contributed by atoms with Gasteiger partial charge in [0.1, 0.15) is 23.9 Å². The number of rotatable bonds is 7. The molecule has 1 atom stereocenters. The van der Waals surface area contributed by atoms with Gasteiger partial charge in [0.15, 0.2) is 10.9 Å². The average molecular weight is 555 g/mol. The van der Waals surface area contributed by atoms with Crippen molar-refractivity contribution >= 4 is 39.7 Å². The highest BCUT2D eigenvalue weighted by molar-refractivity contribution is 7.18. The summed E-state index contributed by atoms with van der Waals surface area (Å²) in [5.41, 5.74) is 3.28. The Kier molecular flexibility index (Phi) is 7.23. The van der Waals surface area contributed by atoms with Crippen molar-refractivity contribution in [1.29, 1.82) is 0 Å². The Labute approximate surface area is 234 Å². The summed E-state index contributed by atoms with van der Waals surface area (Å²) in [5.74, 6) is -1.74. The number of aromatic hydroxyl groups is 1. The minimum Gasteiger partial charge on any atom is -0.508 e. The number of thiazole rings is 1. The molecule has 1 aliphatic heterocycles. The van der Waals surface area contributed by atoms with Gasteiger partial charge in [-0.15, -0.1) is 0 Å². The van der Waals surface area contributed by atoms with Gasteiger partial charge in [-0.05, 0) is 61.4 Å². The third-order valence-corrected chi connectivity index (χ3v) is 7.84. The molecule has 4 aromatic rings. The van der Waals surface area contributed by atoms with Gasteiger partial charge >= 0.3 is 5.91 Å². The number of hydrogen-bond donors (Lipinski definition) is 2. The van der Waals surface area contributed by atoms with E-state index in [1.165, 1.54) is 24.0 Å². The number of ketones is 2. The molecule has 0 radical (unpaired) electrons. The monoisotopic (exact) mass is 554 g/mol. The summed E-state index contributed by atoms with van der Waals surface area (Å²) in [6, 6.07) is 19.5. The number of carbonyl (C=O) groups is 3. The number of phenols is 1. The van der Waals surface area contributed by atoms with Crippen molar-refractivity contribution in [2.45, 2.75) is 33.4 Å². The smallest absolute Gasteiger partial charge is 0.301 e. The van der Waals surface area contributed by atoms with Crippen LogP contribution in [0.3, 0.4) is 0 Å². The Balaban J connectivity index is 1.52. The molecule has 1 fully saturated rings. The zero-order valence-electron chi connectivity index (χ0n) is 22.0. The lowest BCUT2D eigenvalue weighted by molar-refractivity contribution is -0.132. The molecule has 1 amide bonds. The summed E-state index contributed by atoms with van der Waals surface area (Å²) >= 11 is 1.01. The number of aliphatic hydroxyl groups excluding tert-OH is 1. The highest BCUT2D eigenvalue weighted by Gasteiger charge is 2.48. The van der Waals surface area contributed by atoms with Crippen molar-refractivity contribution < 1.29 is 29.3 Å². The average Bonchev–Trinajstić information content (AvgIpc) is 3.44. The van der Waals surface area contributed by atoms with Crippen LogP contribution in [0.5, 0.6) is 11.5 Å². The van der Waals surface area contributed by atoms with E-state index < -0.39 is 17.7 Å². The van der Waals surface area contributed by atoms with Crippen LogP contribution >= 0.6 is 11.3 Å². The normalized spacial score (nSPS) is 16.4. The third kappa shape index (κ3) is 5.11. The summed E-state index contributed by atoms with van der Waals surface area (Å²) in [6.07, 6.45) is 0. The van der Waals surface area contributed by atoms with Gasteiger partial charge < -0.3 is 14.9 Å². The van der Waals surface area contributed by atoms with Crippen LogP contribution in [0, 0.1) is 13.8 Å². The van der Waals surface area contributed by atoms with Crippen LogP contribution < -0.4 is 9.64 Å². The fraction of sp³-hybridized carbons (Fsp3) is 0.161. The predicted molar refractivity (Wildman–Crippen MR) is 152 cm³/mol. The molecule has 40 heavy (non-hydrogen) atoms. The maximum Gasteiger partial charge on any atom is 0.301 e. The third-order valence-electron chi connectivity index (χ3n) is 6.58. The van der Waals surface area contributed by atoms with Crippen molar-refractivity contribution in [3.8, 4) is 11.5 Å². The van der Waals surface area contributed by atoms with E-state index in [4.69, 9.17) is 4.74 Å². The van der Waals surface area contributed by atoms with Crippen LogP contribution in [0.15, 0.2) is 78.4 Å². The van der Waals surface area contributed by atoms with Gasteiger partial charge in [-0.1, -0.05) is 53.3 Å². The number of nitrogens with zero attached hydrogens (tertiary/aromatic N) is 2. The second-order valence-electron chi connectivity index (χ2n) is 9.53. The maximum atomic E-state index is 13.4. The number of aromatic nitrogens is 1. The lowest BCUT2D eigenvalue weighted by Gasteiger charge is -2.23. The summed E-state index contributed by atoms with van der Waals surface area (Å²) in [5, 5.41) is 21.4. The Bertz CT molecular complexity index is 1650. The maximum absolute atomic E-state index is 13.4. The molecule has 1 aromatic heterocycles. The first-order valence-corrected chi connectivity index (χ1v) is 13.3. The Morgan fingerprint density at radius 3 is 2.35 bits per heavy atom. The van der Waals surface area contributed by atoms with Gasteiger partial charge in [-0.3, -0.25) is 19.3 Å². The van der Waals surface area contributed by atoms with Gasteiger partial charge in [-0.2, -0.15) is 0 Å². The first kappa shape index (κ1) is 26.8. The molecule has 8 nitrogen and oxygen atoms in total. The van der Waals surface area contributed by atoms with Gasteiger partial charge in [0.25, 0.3) is 5.78 Å². The Morgan fingerprint density at radius 2 is 1.73 bits per heavy atom. The lowest BCUT2D eigenvalue weighted by Crippen LogP contribution is -2.29. The first-order chi connectivity index (χ1) is 19.1. The van der Waals surface area contributed by atoms with Crippen molar-refractivity contribution in [3.63, 3.8) is 0 Å². The molecule has 3 aromatic carbocycles. The molecular weight excluding hydrogens is 528 g/mol. The minimum atomic E-state index is -1.02. The van der Waals surface area contributed by atoms with Crippen LogP contribution in [0.1, 0.15) is 50.6 Å². The molecule has 2 heterocycles. The van der Waals surface area contributed by atoms with Gasteiger partial charge in [0.05, 0.1) is 22.2 Å². The van der Waals surface area contributed by atoms with Crippen LogP contribution in [-0.2, 0) is 16.2 Å². The molecule has 9 heteroatoms. The molecule has 202 valence electrons. The second kappa shape index (κ2) is 10.8. The quantitative estimate of drug-likeness (QED) is 0.127. The number of hydrogen-bond acceptors (Lipinski definition) is 8. The minimum absolute atomic E-state index is 0.00547. The van der Waals surface area contributed by atoms with Crippen molar-refractivity contribution in [2.24, 2.45) is 0 Å². The fourth-order valence-corrected chi connectivity index (χ4v) is 5.64. The number of amides is 1. The standard InChI is InChI=1S/C31H26N2O6S/c1-17-5-4-6-20(15-17)16-39-24-13-9-22(10-14-24)27(36)25-26(21-7-11-23(35)12-8-21)33(30(38)28(25)37)31-32-18(2)29(40-31)19(3)34/h4-15,26,35-36H,16H2,1-3H3/t26-/m1/s1. The van der Waals surface area contributed by atoms with Crippen molar-refractivity contribution in [3.05, 3.63) is 111 Å². The molecule has 2 N–H and O–H groups in total. The first-order valence-electron chi connectivity index (χ1n) is 12.5. The Hall–Kier alpha value is -4.76. The zero-order chi connectivity index (χ0) is 28.6. The summed E-state index contributed by atoms with van der Waals surface area (Å²) in [4.78, 5) is 44.7. The van der Waals surface area contributed by atoms with E-state index >= 15 is 0 Å². The van der Waals surface area contributed by atoms with Crippen LogP contribution in [0.25, 0.3) is 5.76 Å². The van der Waals surface area contributed by atoms with Crippen molar-refractivity contribution in [2.75, 3.05) is 4.90 Å². The molecule has 5 rings (SSSR count). The molecule has 0 unspecified atom stereocenters. The van der Waals surface area contributed by atoms with Crippen molar-refractivity contribution in [1.82, 2.24) is 4.98 Å². The second-order valence-corrected chi connectivity index (χ2v) is 10.5. The van der Waals surface area contributed by atoms with Crippen LogP contribution in [0.4, 0.5) is 5.13 Å². The van der Waals surface area contributed by atoms with E-state index in [0.29, 0.717) is 34.1 Å². The molecule has 1 aliphatic rings. The molecule has 0 spiro atoms. The largest absolute Gasteiger partial charge is 0.508 e. The summed E-state index contributed by atoms with van der Waals surface area (Å²) < 4.78 is 5.87. The summed E-state index contributed by atoms with van der Waals surface area (Å²) in [6.45, 7) is 5.44. The number of anilines is 1. The topological polar surface area (TPSA) is 117 Å². The highest BCUT2D eigenvalue weighted by atomic mass is 32.1. The fourth-order valence-electron chi connectivity index (χ4n) is 4.65. The van der Waals surface area contributed by atoms with Gasteiger partial charge in [0.2, 0.25) is 0 Å². The lowest BCUT2D eigenvalue weighted by atomic mass is 9.95. The van der Waals surface area contributed by atoms with E-state index in [9.17, 15) is 24.6 Å². The van der Waals surface area contributed by atoms with E-state index in [0.717, 1.165) is 22.5 Å². The number of aliphatic hydroxyl groups is 1. The SMILES string of the molecule is CC(=O)c1sc(N2C(=O)C(=O)C(=C(O)c3ccc(OCc4cccc(C)c4)cc3)[C@H]2c2ccc(O)cc2)nc1C. The number of benzene rings is 3. The molecule has 0 bridgehead atoms. The molecule has 1 saturated heterocycles. The molecule has 0 aliphatic carbocycles. The molecular formula is C31H26N2O6S. The van der Waals surface area contributed by atoms with Gasteiger partial charge in [0, 0.05) is 12.5 Å². The van der Waals surface area contributed by atoms with Crippen LogP contribution in [-0.4, -0.2) is 32.7 Å². The number of phenolic OH excluding ortho intramolecular Hbond substituents is 1. The predicted octanol–water partition coefficient (Wildman–Crippen LogP) is 5.87. The Morgan fingerprint density at radius 1 is 1.02 bits per heavy atom.